The van der Waals surface area contributed by atoms with Crippen LogP contribution in [-0.4, -0.2) is 29.9 Å². The van der Waals surface area contributed by atoms with Gasteiger partial charge in [0.05, 0.1) is 0 Å². The third kappa shape index (κ3) is 1.87. The second-order valence-corrected chi connectivity index (χ2v) is 2.53. The SMILES string of the molecule is Nc1nnc(Cn2cnc([N+](=O)[O-])n2)o1. The molecule has 0 aliphatic rings. The summed E-state index contributed by atoms with van der Waals surface area (Å²) in [4.78, 5) is 13.0. The van der Waals surface area contributed by atoms with Gasteiger partial charge in [0.2, 0.25) is 12.2 Å². The summed E-state index contributed by atoms with van der Waals surface area (Å²) >= 11 is 0. The van der Waals surface area contributed by atoms with Gasteiger partial charge in [-0.25, -0.2) is 0 Å². The average Bonchev–Trinajstić information content (AvgIpc) is 2.76. The fraction of sp³-hybridized carbons (Fsp3) is 0.200. The zero-order valence-corrected chi connectivity index (χ0v) is 7.27. The highest BCUT2D eigenvalue weighted by Crippen LogP contribution is 2.04. The fourth-order valence-electron chi connectivity index (χ4n) is 0.914. The first-order valence-corrected chi connectivity index (χ1v) is 3.77. The van der Waals surface area contributed by atoms with Gasteiger partial charge in [0, 0.05) is 5.10 Å². The Morgan fingerprint density at radius 2 is 2.40 bits per heavy atom. The lowest BCUT2D eigenvalue weighted by molar-refractivity contribution is -0.394. The van der Waals surface area contributed by atoms with Crippen molar-refractivity contribution in [3.8, 4) is 0 Å². The number of hydrogen-bond acceptors (Lipinski definition) is 8. The Hall–Kier alpha value is -2.52. The summed E-state index contributed by atoms with van der Waals surface area (Å²) in [5.41, 5.74) is 5.19. The number of rotatable bonds is 3. The lowest BCUT2D eigenvalue weighted by Gasteiger charge is -1.88. The molecule has 0 bridgehead atoms. The van der Waals surface area contributed by atoms with Crippen LogP contribution in [0.1, 0.15) is 5.89 Å². The van der Waals surface area contributed by atoms with Crippen LogP contribution in [0.5, 0.6) is 0 Å². The van der Waals surface area contributed by atoms with Crippen molar-refractivity contribution in [1.82, 2.24) is 25.0 Å². The molecule has 10 nitrogen and oxygen atoms in total. The monoisotopic (exact) mass is 211 g/mol. The van der Waals surface area contributed by atoms with Gasteiger partial charge in [-0.3, -0.25) is 0 Å². The third-order valence-electron chi connectivity index (χ3n) is 1.47. The highest BCUT2D eigenvalue weighted by atomic mass is 16.6. The van der Waals surface area contributed by atoms with Gasteiger partial charge in [-0.2, -0.15) is 4.68 Å². The zero-order chi connectivity index (χ0) is 10.8. The van der Waals surface area contributed by atoms with E-state index in [1.54, 1.807) is 0 Å². The minimum atomic E-state index is -0.696. The summed E-state index contributed by atoms with van der Waals surface area (Å²) in [7, 11) is 0. The lowest BCUT2D eigenvalue weighted by Crippen LogP contribution is -2.01. The number of hydrogen-bond donors (Lipinski definition) is 1. The smallest absolute Gasteiger partial charge is 0.406 e. The fourth-order valence-corrected chi connectivity index (χ4v) is 0.914. The van der Waals surface area contributed by atoms with Crippen molar-refractivity contribution >= 4 is 12.0 Å². The van der Waals surface area contributed by atoms with Gasteiger partial charge in [0.15, 0.2) is 0 Å². The van der Waals surface area contributed by atoms with Gasteiger partial charge in [0.1, 0.15) is 6.54 Å². The molecule has 0 spiro atoms. The van der Waals surface area contributed by atoms with Gasteiger partial charge < -0.3 is 20.3 Å². The molecule has 78 valence electrons. The molecule has 10 heteroatoms. The minimum Gasteiger partial charge on any atom is -0.406 e. The van der Waals surface area contributed by atoms with E-state index in [0.717, 1.165) is 0 Å². The van der Waals surface area contributed by atoms with Crippen molar-refractivity contribution in [3.63, 3.8) is 0 Å². The van der Waals surface area contributed by atoms with Crippen molar-refractivity contribution in [1.29, 1.82) is 0 Å². The van der Waals surface area contributed by atoms with Gasteiger partial charge in [0.25, 0.3) is 0 Å². The molecule has 0 atom stereocenters. The second kappa shape index (κ2) is 3.32. The Bertz CT molecular complexity index is 488. The Balaban J connectivity index is 2.14. The number of nitrogen functional groups attached to an aromatic ring is 1. The highest BCUT2D eigenvalue weighted by molar-refractivity contribution is 5.05. The molecule has 0 saturated carbocycles. The Labute approximate surface area is 81.9 Å². The van der Waals surface area contributed by atoms with E-state index in [4.69, 9.17) is 10.2 Å². The number of nitro groups is 1. The molecule has 0 saturated heterocycles. The molecule has 2 rings (SSSR count). The maximum absolute atomic E-state index is 10.3. The number of anilines is 1. The molecule has 2 aromatic rings. The van der Waals surface area contributed by atoms with E-state index < -0.39 is 10.9 Å². The van der Waals surface area contributed by atoms with Crippen LogP contribution in [0.4, 0.5) is 12.0 Å². The van der Waals surface area contributed by atoms with E-state index in [9.17, 15) is 10.1 Å². The van der Waals surface area contributed by atoms with Crippen LogP contribution >= 0.6 is 0 Å². The molecule has 0 aliphatic carbocycles. The number of aromatic nitrogens is 5. The van der Waals surface area contributed by atoms with Crippen LogP contribution < -0.4 is 5.73 Å². The molecular formula is C5H5N7O3. The Morgan fingerprint density at radius 1 is 1.60 bits per heavy atom. The molecule has 0 radical (unpaired) electrons. The molecule has 0 fully saturated rings. The van der Waals surface area contributed by atoms with Crippen LogP contribution in [0.15, 0.2) is 10.7 Å². The topological polar surface area (TPSA) is 139 Å². The Kier molecular flexibility index (Phi) is 2.00. The zero-order valence-electron chi connectivity index (χ0n) is 7.27. The molecular weight excluding hydrogens is 206 g/mol. The number of nitrogens with two attached hydrogens (primary N) is 1. The molecule has 0 amide bonds. The van der Waals surface area contributed by atoms with Gasteiger partial charge in [-0.15, -0.1) is 5.10 Å². The van der Waals surface area contributed by atoms with E-state index >= 15 is 0 Å². The summed E-state index contributed by atoms with van der Waals surface area (Å²) in [5.74, 6) is -0.283. The normalized spacial score (nSPS) is 10.4. The van der Waals surface area contributed by atoms with Gasteiger partial charge in [-0.1, -0.05) is 10.1 Å². The van der Waals surface area contributed by atoms with Crippen LogP contribution in [0.2, 0.25) is 0 Å². The largest absolute Gasteiger partial charge is 0.490 e. The average molecular weight is 211 g/mol. The standard InChI is InChI=1S/C5H5N7O3/c6-4-9-8-3(15-4)1-11-2-7-5(10-11)12(13)14/h2H,1H2,(H2,6,9). The first kappa shape index (κ1) is 9.05. The first-order valence-electron chi connectivity index (χ1n) is 3.77. The van der Waals surface area contributed by atoms with Crippen molar-refractivity contribution < 1.29 is 9.34 Å². The van der Waals surface area contributed by atoms with E-state index in [0.29, 0.717) is 0 Å². The molecule has 0 unspecified atom stereocenters. The van der Waals surface area contributed by atoms with Crippen LogP contribution in [0.3, 0.4) is 0 Å². The first-order chi connectivity index (χ1) is 7.15. The van der Waals surface area contributed by atoms with Crippen molar-refractivity contribution in [2.24, 2.45) is 0 Å². The maximum atomic E-state index is 10.3. The predicted molar refractivity (Wildman–Crippen MR) is 44.5 cm³/mol. The van der Waals surface area contributed by atoms with Crippen molar-refractivity contribution in [2.45, 2.75) is 6.54 Å². The van der Waals surface area contributed by atoms with Gasteiger partial charge in [-0.05, 0) is 4.92 Å². The molecule has 0 aromatic carbocycles. The van der Waals surface area contributed by atoms with E-state index in [1.807, 2.05) is 0 Å². The summed E-state index contributed by atoms with van der Waals surface area (Å²) in [6.45, 7) is 0.0883. The Morgan fingerprint density at radius 3 is 2.93 bits per heavy atom. The van der Waals surface area contributed by atoms with E-state index in [2.05, 4.69) is 20.3 Å². The quantitative estimate of drug-likeness (QED) is 0.514. The second-order valence-electron chi connectivity index (χ2n) is 2.53. The summed E-state index contributed by atoms with van der Waals surface area (Å²) in [5, 5.41) is 20.8. The maximum Gasteiger partial charge on any atom is 0.490 e. The van der Waals surface area contributed by atoms with Crippen LogP contribution in [0, 0.1) is 10.1 Å². The van der Waals surface area contributed by atoms with Crippen LogP contribution in [0.25, 0.3) is 0 Å². The minimum absolute atomic E-state index is 0.0698. The van der Waals surface area contributed by atoms with E-state index in [-0.39, 0.29) is 18.5 Å². The number of nitrogens with zero attached hydrogens (tertiary/aromatic N) is 6. The molecule has 2 N–H and O–H groups in total. The van der Waals surface area contributed by atoms with Crippen LogP contribution in [-0.2, 0) is 6.54 Å². The van der Waals surface area contributed by atoms with E-state index in [1.165, 1.54) is 11.0 Å². The molecule has 2 heterocycles. The summed E-state index contributed by atoms with van der Waals surface area (Å²) in [6, 6.07) is -0.0698. The summed E-state index contributed by atoms with van der Waals surface area (Å²) < 4.78 is 6.05. The molecule has 15 heavy (non-hydrogen) atoms. The third-order valence-corrected chi connectivity index (χ3v) is 1.47. The van der Waals surface area contributed by atoms with Crippen molar-refractivity contribution in [2.75, 3.05) is 5.73 Å². The predicted octanol–water partition coefficient (Wildman–Crippen LogP) is -0.800. The highest BCUT2D eigenvalue weighted by Gasteiger charge is 2.14. The summed E-state index contributed by atoms with van der Waals surface area (Å²) in [6.07, 6.45) is 1.19. The van der Waals surface area contributed by atoms with Gasteiger partial charge >= 0.3 is 12.0 Å². The lowest BCUT2D eigenvalue weighted by atomic mass is 10.6. The molecule has 2 aromatic heterocycles. The van der Waals surface area contributed by atoms with Crippen molar-refractivity contribution in [3.05, 3.63) is 22.3 Å². The molecule has 0 aliphatic heterocycles.